The largest absolute Gasteiger partial charge is 0.462 e. The monoisotopic (exact) mass is 500 g/mol. The molecule has 0 aromatic rings. The molecule has 2 nitrogen and oxygen atoms in total. The number of esters is 1. The van der Waals surface area contributed by atoms with Gasteiger partial charge in [-0.25, -0.2) is 0 Å². The predicted molar refractivity (Wildman–Crippen MR) is 152 cm³/mol. The number of carbonyl (C=O) groups excluding carboxylic acids is 1. The van der Waals surface area contributed by atoms with E-state index in [0.29, 0.717) is 12.3 Å². The average molecular weight is 501 g/mol. The lowest BCUT2D eigenvalue weighted by molar-refractivity contribution is -0.150. The summed E-state index contributed by atoms with van der Waals surface area (Å²) in [5.41, 5.74) is 0. The van der Waals surface area contributed by atoms with E-state index in [1.165, 1.54) is 122 Å². The zero-order chi connectivity index (χ0) is 25.2. The lowest BCUT2D eigenvalue weighted by Gasteiger charge is -2.24. The molecule has 4 rings (SSSR count). The summed E-state index contributed by atoms with van der Waals surface area (Å²) in [6.07, 6.45) is 30.8. The molecule has 0 saturated heterocycles. The van der Waals surface area contributed by atoms with Crippen molar-refractivity contribution in [1.82, 2.24) is 0 Å². The number of unbranched alkanes of at least 4 members (excludes halogenated alkanes) is 1. The summed E-state index contributed by atoms with van der Waals surface area (Å²) in [6.45, 7) is 4.56. The minimum Gasteiger partial charge on any atom is -0.462 e. The van der Waals surface area contributed by atoms with Crippen LogP contribution in [0.3, 0.4) is 0 Å². The highest BCUT2D eigenvalue weighted by Crippen LogP contribution is 2.48. The number of hydrogen-bond donors (Lipinski definition) is 0. The van der Waals surface area contributed by atoms with Gasteiger partial charge in [0.15, 0.2) is 0 Å². The van der Waals surface area contributed by atoms with E-state index >= 15 is 0 Å². The van der Waals surface area contributed by atoms with E-state index in [0.717, 1.165) is 54.8 Å². The van der Waals surface area contributed by atoms with E-state index in [2.05, 4.69) is 13.8 Å². The van der Waals surface area contributed by atoms with Gasteiger partial charge in [-0.2, -0.15) is 0 Å². The first-order valence-corrected chi connectivity index (χ1v) is 16.8. The molecule has 4 aliphatic rings. The predicted octanol–water partition coefficient (Wildman–Crippen LogP) is 10.3. The molecule has 0 N–H and O–H groups in total. The Morgan fingerprint density at radius 2 is 1.17 bits per heavy atom. The Hall–Kier alpha value is -0.530. The summed E-state index contributed by atoms with van der Waals surface area (Å²) in [5.74, 6) is 6.70. The normalized spacial score (nSPS) is 33.6. The summed E-state index contributed by atoms with van der Waals surface area (Å²) < 4.78 is 6.30. The Kier molecular flexibility index (Phi) is 12.0. The second-order valence-corrected chi connectivity index (χ2v) is 13.9. The first-order valence-electron chi connectivity index (χ1n) is 16.8. The summed E-state index contributed by atoms with van der Waals surface area (Å²) in [4.78, 5) is 13.0. The maximum Gasteiger partial charge on any atom is 0.306 e. The lowest BCUT2D eigenvalue weighted by atomic mass is 9.82. The molecule has 5 unspecified atom stereocenters. The fourth-order valence-corrected chi connectivity index (χ4v) is 9.19. The molecular formula is C34H60O2. The topological polar surface area (TPSA) is 26.3 Å². The van der Waals surface area contributed by atoms with Gasteiger partial charge in [-0.15, -0.1) is 0 Å². The van der Waals surface area contributed by atoms with Crippen LogP contribution in [0, 0.1) is 41.4 Å². The highest BCUT2D eigenvalue weighted by atomic mass is 16.5. The van der Waals surface area contributed by atoms with E-state index in [1.54, 1.807) is 0 Å². The van der Waals surface area contributed by atoms with Crippen molar-refractivity contribution in [3.63, 3.8) is 0 Å². The molecule has 0 bridgehead atoms. The molecule has 36 heavy (non-hydrogen) atoms. The third-order valence-corrected chi connectivity index (χ3v) is 11.2. The molecular weight excluding hydrogens is 440 g/mol. The Balaban J connectivity index is 1.25. The Labute approximate surface area is 224 Å². The number of fused-ring (bicyclic) bond motifs is 2. The van der Waals surface area contributed by atoms with Crippen LogP contribution >= 0.6 is 0 Å². The quantitative estimate of drug-likeness (QED) is 0.209. The molecule has 0 spiro atoms. The van der Waals surface area contributed by atoms with Crippen LogP contribution in [0.2, 0.25) is 0 Å². The van der Waals surface area contributed by atoms with Crippen LogP contribution in [0.4, 0.5) is 0 Å². The van der Waals surface area contributed by atoms with Crippen molar-refractivity contribution in [2.24, 2.45) is 41.4 Å². The van der Waals surface area contributed by atoms with Crippen LogP contribution in [0.1, 0.15) is 162 Å². The summed E-state index contributed by atoms with van der Waals surface area (Å²) in [6, 6.07) is 0. The van der Waals surface area contributed by atoms with E-state index in [-0.39, 0.29) is 12.1 Å². The molecule has 0 aliphatic heterocycles. The van der Waals surface area contributed by atoms with Crippen molar-refractivity contribution in [3.8, 4) is 0 Å². The van der Waals surface area contributed by atoms with Gasteiger partial charge in [-0.05, 0) is 99.2 Å². The Bertz CT molecular complexity index is 565. The summed E-state index contributed by atoms with van der Waals surface area (Å²) >= 11 is 0. The molecule has 2 heteroatoms. The van der Waals surface area contributed by atoms with E-state index in [1.807, 2.05) is 0 Å². The van der Waals surface area contributed by atoms with Crippen LogP contribution in [-0.2, 0) is 9.53 Å². The third kappa shape index (κ3) is 8.76. The molecule has 4 saturated carbocycles. The van der Waals surface area contributed by atoms with Gasteiger partial charge < -0.3 is 4.74 Å². The van der Waals surface area contributed by atoms with Crippen LogP contribution < -0.4 is 0 Å². The Morgan fingerprint density at radius 3 is 1.61 bits per heavy atom. The van der Waals surface area contributed by atoms with Gasteiger partial charge in [-0.1, -0.05) is 97.3 Å². The maximum atomic E-state index is 13.0. The standard InChI is InChI=1S/C34H60O2/c1-3-5-11-26(10-4-2)18-21-34(35)36-33(19-16-27-22-29-12-6-7-13-30(29)23-27)20-17-28-24-31-14-8-9-15-32(31)25-28/h26-33H,3-25H2,1-2H3. The van der Waals surface area contributed by atoms with E-state index < -0.39 is 0 Å². The van der Waals surface area contributed by atoms with Crippen molar-refractivity contribution in [1.29, 1.82) is 0 Å². The van der Waals surface area contributed by atoms with Gasteiger partial charge in [0.2, 0.25) is 0 Å². The molecule has 0 radical (unpaired) electrons. The molecule has 0 aromatic heterocycles. The fraction of sp³-hybridized carbons (Fsp3) is 0.971. The zero-order valence-electron chi connectivity index (χ0n) is 24.2. The van der Waals surface area contributed by atoms with Crippen LogP contribution in [0.15, 0.2) is 0 Å². The summed E-state index contributed by atoms with van der Waals surface area (Å²) in [5, 5.41) is 0. The van der Waals surface area contributed by atoms with Crippen molar-refractivity contribution in [3.05, 3.63) is 0 Å². The number of carbonyl (C=O) groups is 1. The number of ether oxygens (including phenoxy) is 1. The van der Waals surface area contributed by atoms with Crippen molar-refractivity contribution >= 4 is 5.97 Å². The lowest BCUT2D eigenvalue weighted by Crippen LogP contribution is -2.21. The van der Waals surface area contributed by atoms with Crippen LogP contribution in [-0.4, -0.2) is 12.1 Å². The second kappa shape index (κ2) is 15.2. The summed E-state index contributed by atoms with van der Waals surface area (Å²) in [7, 11) is 0. The van der Waals surface area contributed by atoms with Crippen molar-refractivity contribution in [2.45, 2.75) is 168 Å². The van der Waals surface area contributed by atoms with Crippen LogP contribution in [0.5, 0.6) is 0 Å². The highest BCUT2D eigenvalue weighted by Gasteiger charge is 2.37. The first-order chi connectivity index (χ1) is 17.6. The van der Waals surface area contributed by atoms with Gasteiger partial charge in [0.25, 0.3) is 0 Å². The van der Waals surface area contributed by atoms with Gasteiger partial charge in [-0.3, -0.25) is 4.79 Å². The molecule has 4 aliphatic carbocycles. The van der Waals surface area contributed by atoms with Crippen molar-refractivity contribution in [2.75, 3.05) is 0 Å². The number of hydrogen-bond acceptors (Lipinski definition) is 2. The smallest absolute Gasteiger partial charge is 0.306 e. The molecule has 0 heterocycles. The fourth-order valence-electron chi connectivity index (χ4n) is 9.19. The second-order valence-electron chi connectivity index (χ2n) is 13.9. The highest BCUT2D eigenvalue weighted by molar-refractivity contribution is 5.69. The SMILES string of the molecule is CCCCC(CCC)CCC(=O)OC(CCC1CC2CCCCC2C1)CCC1CC2CCCCC2C1. The molecule has 0 amide bonds. The molecule has 0 aromatic carbocycles. The third-order valence-electron chi connectivity index (χ3n) is 11.2. The Morgan fingerprint density at radius 1 is 0.667 bits per heavy atom. The molecule has 5 atom stereocenters. The maximum absolute atomic E-state index is 13.0. The molecule has 4 fully saturated rings. The molecule has 208 valence electrons. The van der Waals surface area contributed by atoms with Gasteiger partial charge in [0, 0.05) is 6.42 Å². The zero-order valence-corrected chi connectivity index (χ0v) is 24.2. The van der Waals surface area contributed by atoms with Crippen molar-refractivity contribution < 1.29 is 9.53 Å². The average Bonchev–Trinajstić information content (AvgIpc) is 3.50. The minimum absolute atomic E-state index is 0.109. The van der Waals surface area contributed by atoms with Crippen LogP contribution in [0.25, 0.3) is 0 Å². The first kappa shape index (κ1) is 28.5. The van der Waals surface area contributed by atoms with E-state index in [9.17, 15) is 4.79 Å². The van der Waals surface area contributed by atoms with Gasteiger partial charge >= 0.3 is 5.97 Å². The number of rotatable bonds is 15. The van der Waals surface area contributed by atoms with Gasteiger partial charge in [0.05, 0.1) is 0 Å². The van der Waals surface area contributed by atoms with Gasteiger partial charge in [0.1, 0.15) is 6.10 Å². The van der Waals surface area contributed by atoms with E-state index in [4.69, 9.17) is 4.74 Å². The minimum atomic E-state index is 0.109.